The number of nitrogens with zero attached hydrogens (tertiary/aromatic N) is 1. The van der Waals surface area contributed by atoms with E-state index in [1.165, 1.54) is 0 Å². The first kappa shape index (κ1) is 10.5. The number of amides is 1. The van der Waals surface area contributed by atoms with E-state index in [2.05, 4.69) is 17.1 Å². The number of ether oxygens (including phenoxy) is 1. The predicted molar refractivity (Wildman–Crippen MR) is 50.5 cm³/mol. The Hall–Kier alpha value is -0.610. The van der Waals surface area contributed by atoms with Gasteiger partial charge < -0.3 is 10.1 Å². The van der Waals surface area contributed by atoms with Crippen molar-refractivity contribution < 1.29 is 9.53 Å². The Kier molecular flexibility index (Phi) is 4.18. The fraction of sp³-hybridized carbons (Fsp3) is 0.889. The van der Waals surface area contributed by atoms with Gasteiger partial charge in [-0.3, -0.25) is 9.69 Å². The van der Waals surface area contributed by atoms with Crippen LogP contribution in [0.15, 0.2) is 0 Å². The van der Waals surface area contributed by atoms with E-state index in [1.807, 2.05) is 6.92 Å². The molecule has 1 amide bonds. The van der Waals surface area contributed by atoms with Crippen LogP contribution in [0.1, 0.15) is 13.8 Å². The Morgan fingerprint density at radius 3 is 3.00 bits per heavy atom. The van der Waals surface area contributed by atoms with Crippen molar-refractivity contribution in [2.75, 3.05) is 32.8 Å². The molecular formula is C9H18N2O2. The number of carbonyl (C=O) groups excluding carboxylic acids is 1. The molecule has 1 rings (SSSR count). The van der Waals surface area contributed by atoms with Crippen LogP contribution in [0, 0.1) is 0 Å². The number of hydrogen-bond donors (Lipinski definition) is 1. The zero-order valence-electron chi connectivity index (χ0n) is 8.38. The van der Waals surface area contributed by atoms with Crippen LogP contribution in [0.4, 0.5) is 0 Å². The molecule has 0 aromatic carbocycles. The monoisotopic (exact) mass is 186 g/mol. The van der Waals surface area contributed by atoms with Crippen molar-refractivity contribution in [2.24, 2.45) is 0 Å². The first-order valence-electron chi connectivity index (χ1n) is 4.89. The Bertz CT molecular complexity index is 173. The maximum absolute atomic E-state index is 11.5. The molecule has 4 heteroatoms. The first-order valence-corrected chi connectivity index (χ1v) is 4.89. The third kappa shape index (κ3) is 2.67. The topological polar surface area (TPSA) is 41.6 Å². The maximum Gasteiger partial charge on any atom is 0.239 e. The fourth-order valence-corrected chi connectivity index (χ4v) is 1.55. The summed E-state index contributed by atoms with van der Waals surface area (Å²) < 4.78 is 5.28. The van der Waals surface area contributed by atoms with E-state index in [1.54, 1.807) is 0 Å². The van der Waals surface area contributed by atoms with Gasteiger partial charge in [0.2, 0.25) is 5.91 Å². The zero-order chi connectivity index (χ0) is 9.68. The number of nitrogens with one attached hydrogen (secondary N) is 1. The van der Waals surface area contributed by atoms with Crippen molar-refractivity contribution in [3.05, 3.63) is 0 Å². The summed E-state index contributed by atoms with van der Waals surface area (Å²) in [5.74, 6) is 0.0871. The molecule has 13 heavy (non-hydrogen) atoms. The minimum Gasteiger partial charge on any atom is -0.378 e. The van der Waals surface area contributed by atoms with Crippen molar-refractivity contribution in [3.63, 3.8) is 0 Å². The van der Waals surface area contributed by atoms with Crippen molar-refractivity contribution in [3.8, 4) is 0 Å². The molecule has 0 spiro atoms. The van der Waals surface area contributed by atoms with Crippen molar-refractivity contribution in [2.45, 2.75) is 19.9 Å². The van der Waals surface area contributed by atoms with Crippen LogP contribution >= 0.6 is 0 Å². The van der Waals surface area contributed by atoms with E-state index in [4.69, 9.17) is 4.74 Å². The fourth-order valence-electron chi connectivity index (χ4n) is 1.55. The van der Waals surface area contributed by atoms with Gasteiger partial charge in [0.15, 0.2) is 0 Å². The SMILES string of the molecule is CCNC(=O)[C@@H]1COCCN1CC. The largest absolute Gasteiger partial charge is 0.378 e. The molecule has 1 atom stereocenters. The highest BCUT2D eigenvalue weighted by molar-refractivity contribution is 5.81. The molecule has 0 saturated carbocycles. The number of carbonyl (C=O) groups is 1. The van der Waals surface area contributed by atoms with E-state index in [0.717, 1.165) is 19.7 Å². The van der Waals surface area contributed by atoms with Crippen molar-refractivity contribution >= 4 is 5.91 Å². The van der Waals surface area contributed by atoms with Crippen LogP contribution in [-0.4, -0.2) is 49.7 Å². The van der Waals surface area contributed by atoms with E-state index in [-0.39, 0.29) is 11.9 Å². The molecular weight excluding hydrogens is 168 g/mol. The van der Waals surface area contributed by atoms with E-state index < -0.39 is 0 Å². The van der Waals surface area contributed by atoms with E-state index >= 15 is 0 Å². The second-order valence-electron chi connectivity index (χ2n) is 3.11. The lowest BCUT2D eigenvalue weighted by Crippen LogP contribution is -2.53. The van der Waals surface area contributed by atoms with Crippen molar-refractivity contribution in [1.82, 2.24) is 10.2 Å². The summed E-state index contributed by atoms with van der Waals surface area (Å²) in [4.78, 5) is 13.7. The Morgan fingerprint density at radius 1 is 1.62 bits per heavy atom. The third-order valence-electron chi connectivity index (χ3n) is 2.30. The van der Waals surface area contributed by atoms with Crippen LogP contribution in [-0.2, 0) is 9.53 Å². The smallest absolute Gasteiger partial charge is 0.239 e. The molecule has 1 heterocycles. The van der Waals surface area contributed by atoms with Crippen LogP contribution in [0.5, 0.6) is 0 Å². The van der Waals surface area contributed by atoms with E-state index in [9.17, 15) is 4.79 Å². The summed E-state index contributed by atoms with van der Waals surface area (Å²) in [6.07, 6.45) is 0. The lowest BCUT2D eigenvalue weighted by molar-refractivity contribution is -0.132. The van der Waals surface area contributed by atoms with Crippen LogP contribution < -0.4 is 5.32 Å². The summed E-state index contributed by atoms with van der Waals surface area (Å²) in [6.45, 7) is 7.72. The molecule has 0 aliphatic carbocycles. The van der Waals surface area contributed by atoms with Gasteiger partial charge in [0.25, 0.3) is 0 Å². The summed E-state index contributed by atoms with van der Waals surface area (Å²) in [6, 6.07) is -0.0845. The summed E-state index contributed by atoms with van der Waals surface area (Å²) >= 11 is 0. The second kappa shape index (κ2) is 5.19. The molecule has 0 bridgehead atoms. The lowest BCUT2D eigenvalue weighted by atomic mass is 10.2. The Morgan fingerprint density at radius 2 is 2.38 bits per heavy atom. The molecule has 1 aliphatic rings. The van der Waals surface area contributed by atoms with Crippen LogP contribution in [0.2, 0.25) is 0 Å². The average Bonchev–Trinajstić information content (AvgIpc) is 2.18. The molecule has 1 fully saturated rings. The van der Waals surface area contributed by atoms with Crippen LogP contribution in [0.3, 0.4) is 0 Å². The molecule has 0 radical (unpaired) electrons. The standard InChI is InChI=1S/C9H18N2O2/c1-3-10-9(12)8-7-13-6-5-11(8)4-2/h8H,3-7H2,1-2H3,(H,10,12)/t8-/m0/s1. The highest BCUT2D eigenvalue weighted by Crippen LogP contribution is 2.05. The molecule has 0 aromatic heterocycles. The zero-order valence-corrected chi connectivity index (χ0v) is 8.38. The van der Waals surface area contributed by atoms with Gasteiger partial charge >= 0.3 is 0 Å². The number of likely N-dealkylation sites (N-methyl/N-ethyl adjacent to an activating group) is 2. The third-order valence-corrected chi connectivity index (χ3v) is 2.30. The van der Waals surface area contributed by atoms with E-state index in [0.29, 0.717) is 13.2 Å². The van der Waals surface area contributed by atoms with Gasteiger partial charge in [-0.1, -0.05) is 6.92 Å². The first-order chi connectivity index (χ1) is 6.29. The average molecular weight is 186 g/mol. The Balaban J connectivity index is 2.48. The quantitative estimate of drug-likeness (QED) is 0.666. The molecule has 76 valence electrons. The maximum atomic E-state index is 11.5. The van der Waals surface area contributed by atoms with Gasteiger partial charge in [-0.05, 0) is 13.5 Å². The minimum atomic E-state index is -0.0845. The minimum absolute atomic E-state index is 0.0845. The summed E-state index contributed by atoms with van der Waals surface area (Å²) in [5.41, 5.74) is 0. The number of morpholine rings is 1. The highest BCUT2D eigenvalue weighted by Gasteiger charge is 2.27. The second-order valence-corrected chi connectivity index (χ2v) is 3.11. The van der Waals surface area contributed by atoms with Gasteiger partial charge in [-0.2, -0.15) is 0 Å². The number of hydrogen-bond acceptors (Lipinski definition) is 3. The number of rotatable bonds is 3. The highest BCUT2D eigenvalue weighted by atomic mass is 16.5. The van der Waals surface area contributed by atoms with Gasteiger partial charge in [0.05, 0.1) is 13.2 Å². The molecule has 1 saturated heterocycles. The molecule has 4 nitrogen and oxygen atoms in total. The van der Waals surface area contributed by atoms with Gasteiger partial charge in [0, 0.05) is 13.1 Å². The van der Waals surface area contributed by atoms with Crippen LogP contribution in [0.25, 0.3) is 0 Å². The predicted octanol–water partition coefficient (Wildman–Crippen LogP) is -0.157. The van der Waals surface area contributed by atoms with Gasteiger partial charge in [-0.25, -0.2) is 0 Å². The summed E-state index contributed by atoms with van der Waals surface area (Å²) in [7, 11) is 0. The normalized spacial score (nSPS) is 24.3. The Labute approximate surface area is 79.2 Å². The lowest BCUT2D eigenvalue weighted by Gasteiger charge is -2.33. The summed E-state index contributed by atoms with van der Waals surface area (Å²) in [5, 5.41) is 2.82. The molecule has 0 unspecified atom stereocenters. The van der Waals surface area contributed by atoms with Gasteiger partial charge in [0.1, 0.15) is 6.04 Å². The molecule has 1 N–H and O–H groups in total. The molecule has 1 aliphatic heterocycles. The molecule has 0 aromatic rings. The van der Waals surface area contributed by atoms with Gasteiger partial charge in [-0.15, -0.1) is 0 Å². The van der Waals surface area contributed by atoms with Crippen molar-refractivity contribution in [1.29, 1.82) is 0 Å².